The molecule has 2 aromatic carbocycles. The van der Waals surface area contributed by atoms with Crippen LogP contribution < -0.4 is 9.47 Å². The Morgan fingerprint density at radius 1 is 1.14 bits per heavy atom. The number of carboxylic acid groups (broad SMARTS) is 1. The van der Waals surface area contributed by atoms with E-state index >= 15 is 0 Å². The fourth-order valence-corrected chi connectivity index (χ4v) is 3.00. The summed E-state index contributed by atoms with van der Waals surface area (Å²) in [6, 6.07) is 10.3. The third-order valence-electron chi connectivity index (χ3n) is 3.70. The van der Waals surface area contributed by atoms with Gasteiger partial charge in [0.05, 0.1) is 30.0 Å². The summed E-state index contributed by atoms with van der Waals surface area (Å²) in [5, 5.41) is 10.1. The predicted octanol–water partition coefficient (Wildman–Crippen LogP) is 5.68. The lowest BCUT2D eigenvalue weighted by Crippen LogP contribution is -2.07. The summed E-state index contributed by atoms with van der Waals surface area (Å²) in [6.07, 6.45) is 1.19. The van der Waals surface area contributed by atoms with Crippen molar-refractivity contribution in [3.05, 3.63) is 63.8 Å². The number of aliphatic carboxylic acids is 1. The molecule has 2 rings (SSSR count). The van der Waals surface area contributed by atoms with E-state index in [0.29, 0.717) is 45.2 Å². The molecule has 0 spiro atoms. The van der Waals surface area contributed by atoms with Gasteiger partial charge in [0.25, 0.3) is 0 Å². The number of hydrogen-bond acceptors (Lipinski definition) is 4. The third-order valence-corrected chi connectivity index (χ3v) is 4.26. The number of carboxylic acids is 1. The first kappa shape index (κ1) is 21.9. The van der Waals surface area contributed by atoms with Gasteiger partial charge < -0.3 is 19.3 Å². The maximum atomic E-state index is 11.5. The number of rotatable bonds is 9. The lowest BCUT2D eigenvalue weighted by Gasteiger charge is -2.15. The fourth-order valence-electron chi connectivity index (χ4n) is 2.42. The first-order chi connectivity index (χ1) is 13.3. The maximum Gasteiger partial charge on any atom is 0.339 e. The zero-order valence-corrected chi connectivity index (χ0v) is 17.4. The molecule has 0 atom stereocenters. The lowest BCUT2D eigenvalue weighted by molar-refractivity contribution is -0.130. The van der Waals surface area contributed by atoms with Gasteiger partial charge >= 0.3 is 5.97 Å². The Labute approximate surface area is 174 Å². The van der Waals surface area contributed by atoms with E-state index in [-0.39, 0.29) is 12.2 Å². The molecule has 0 aliphatic carbocycles. The van der Waals surface area contributed by atoms with Crippen molar-refractivity contribution in [2.45, 2.75) is 20.5 Å². The van der Waals surface area contributed by atoms with E-state index in [0.717, 1.165) is 0 Å². The molecule has 0 bridgehead atoms. The minimum atomic E-state index is -1.09. The molecular formula is C21H22Cl2O5. The van der Waals surface area contributed by atoms with Gasteiger partial charge in [-0.15, -0.1) is 0 Å². The second-order valence-corrected chi connectivity index (χ2v) is 7.25. The van der Waals surface area contributed by atoms with Crippen LogP contribution in [0.4, 0.5) is 0 Å². The highest BCUT2D eigenvalue weighted by Gasteiger charge is 2.16. The van der Waals surface area contributed by atoms with Gasteiger partial charge in [-0.05, 0) is 17.0 Å². The van der Waals surface area contributed by atoms with E-state index in [2.05, 4.69) is 0 Å². The highest BCUT2D eigenvalue weighted by molar-refractivity contribution is 6.37. The summed E-state index contributed by atoms with van der Waals surface area (Å²) in [7, 11) is 1.40. The molecule has 0 aromatic heterocycles. The molecule has 0 amide bonds. The number of methoxy groups -OCH3 is 1. The predicted molar refractivity (Wildman–Crippen MR) is 110 cm³/mol. The smallest absolute Gasteiger partial charge is 0.339 e. The maximum absolute atomic E-state index is 11.5. The van der Waals surface area contributed by atoms with Gasteiger partial charge in [0.15, 0.2) is 5.75 Å². The second-order valence-electron chi connectivity index (χ2n) is 6.44. The van der Waals surface area contributed by atoms with Crippen LogP contribution in [0.5, 0.6) is 11.5 Å². The zero-order chi connectivity index (χ0) is 20.7. The van der Waals surface area contributed by atoms with Crippen LogP contribution in [-0.2, 0) is 16.1 Å². The van der Waals surface area contributed by atoms with Crippen molar-refractivity contribution in [3.63, 3.8) is 0 Å². The topological polar surface area (TPSA) is 65.0 Å². The number of halogens is 2. The molecule has 0 unspecified atom stereocenters. The average Bonchev–Trinajstić information content (AvgIpc) is 2.63. The van der Waals surface area contributed by atoms with Crippen LogP contribution in [-0.4, -0.2) is 24.8 Å². The summed E-state index contributed by atoms with van der Waals surface area (Å²) in [5.41, 5.74) is 1.22. The van der Waals surface area contributed by atoms with Crippen molar-refractivity contribution < 1.29 is 24.1 Å². The van der Waals surface area contributed by atoms with E-state index in [1.165, 1.54) is 13.4 Å². The summed E-state index contributed by atoms with van der Waals surface area (Å²) in [6.45, 7) is 4.68. The van der Waals surface area contributed by atoms with Crippen molar-refractivity contribution >= 4 is 34.7 Å². The van der Waals surface area contributed by atoms with Gasteiger partial charge in [-0.25, -0.2) is 4.79 Å². The molecular weight excluding hydrogens is 403 g/mol. The van der Waals surface area contributed by atoms with Crippen LogP contribution in [0.25, 0.3) is 5.57 Å². The molecule has 28 heavy (non-hydrogen) atoms. The van der Waals surface area contributed by atoms with Crippen molar-refractivity contribution in [2.24, 2.45) is 5.92 Å². The van der Waals surface area contributed by atoms with Gasteiger partial charge in [0.1, 0.15) is 17.9 Å². The highest BCUT2D eigenvalue weighted by Crippen LogP contribution is 2.37. The van der Waals surface area contributed by atoms with Crippen molar-refractivity contribution in [3.8, 4) is 11.5 Å². The Morgan fingerprint density at radius 2 is 1.79 bits per heavy atom. The largest absolute Gasteiger partial charge is 0.503 e. The summed E-state index contributed by atoms with van der Waals surface area (Å²) in [4.78, 5) is 11.5. The molecule has 0 fully saturated rings. The van der Waals surface area contributed by atoms with Crippen LogP contribution in [0, 0.1) is 5.92 Å². The van der Waals surface area contributed by atoms with Gasteiger partial charge in [-0.1, -0.05) is 61.3 Å². The number of benzene rings is 2. The van der Waals surface area contributed by atoms with Crippen LogP contribution in [0.15, 0.2) is 42.7 Å². The molecule has 0 aliphatic rings. The minimum absolute atomic E-state index is 0.0372. The molecule has 0 saturated heterocycles. The van der Waals surface area contributed by atoms with Crippen LogP contribution >= 0.6 is 23.2 Å². The Balaban J connectivity index is 2.21. The quantitative estimate of drug-likeness (QED) is 0.414. The Bertz CT molecular complexity index is 839. The van der Waals surface area contributed by atoms with Gasteiger partial charge in [0.2, 0.25) is 0 Å². The summed E-state index contributed by atoms with van der Waals surface area (Å²) in [5.74, 6) is 0.116. The van der Waals surface area contributed by atoms with Gasteiger partial charge in [-0.2, -0.15) is 0 Å². The number of carbonyl (C=O) groups is 1. The SMILES string of the molecule is COC=C(C(=O)O)c1ccccc1COc1cc(Cl)c(OCC(C)C)c(Cl)c1. The zero-order valence-electron chi connectivity index (χ0n) is 15.9. The van der Waals surface area contributed by atoms with E-state index in [1.54, 1.807) is 36.4 Å². The number of hydrogen-bond donors (Lipinski definition) is 1. The normalized spacial score (nSPS) is 11.4. The number of ether oxygens (including phenoxy) is 3. The Hall–Kier alpha value is -2.37. The summed E-state index contributed by atoms with van der Waals surface area (Å²) < 4.78 is 16.3. The van der Waals surface area contributed by atoms with Gasteiger partial charge in [-0.3, -0.25) is 0 Å². The van der Waals surface area contributed by atoms with E-state index in [4.69, 9.17) is 37.4 Å². The Morgan fingerprint density at radius 3 is 2.36 bits per heavy atom. The summed E-state index contributed by atoms with van der Waals surface area (Å²) >= 11 is 12.5. The van der Waals surface area contributed by atoms with Crippen LogP contribution in [0.1, 0.15) is 25.0 Å². The van der Waals surface area contributed by atoms with Gasteiger partial charge in [0, 0.05) is 12.1 Å². The molecule has 2 aromatic rings. The molecule has 150 valence electrons. The second kappa shape index (κ2) is 10.2. The monoisotopic (exact) mass is 424 g/mol. The van der Waals surface area contributed by atoms with E-state index in [9.17, 15) is 9.90 Å². The average molecular weight is 425 g/mol. The van der Waals surface area contributed by atoms with Crippen molar-refractivity contribution in [1.82, 2.24) is 0 Å². The fraction of sp³-hybridized carbons (Fsp3) is 0.286. The van der Waals surface area contributed by atoms with Crippen molar-refractivity contribution in [2.75, 3.05) is 13.7 Å². The third kappa shape index (κ3) is 5.81. The minimum Gasteiger partial charge on any atom is -0.503 e. The molecule has 7 heteroatoms. The molecule has 5 nitrogen and oxygen atoms in total. The van der Waals surface area contributed by atoms with Crippen LogP contribution in [0.3, 0.4) is 0 Å². The first-order valence-corrected chi connectivity index (χ1v) is 9.38. The first-order valence-electron chi connectivity index (χ1n) is 8.62. The molecule has 0 heterocycles. The molecule has 0 radical (unpaired) electrons. The molecule has 1 N–H and O–H groups in total. The van der Waals surface area contributed by atoms with E-state index in [1.807, 2.05) is 13.8 Å². The van der Waals surface area contributed by atoms with Crippen LogP contribution in [0.2, 0.25) is 10.0 Å². The van der Waals surface area contributed by atoms with E-state index < -0.39 is 5.97 Å². The lowest BCUT2D eigenvalue weighted by atomic mass is 10.0. The van der Waals surface area contributed by atoms with Crippen molar-refractivity contribution in [1.29, 1.82) is 0 Å². The molecule has 0 aliphatic heterocycles. The molecule has 0 saturated carbocycles. The highest BCUT2D eigenvalue weighted by atomic mass is 35.5. The Kier molecular flexibility index (Phi) is 8.03. The standard InChI is InChI=1S/C21H22Cl2O5/c1-13(2)10-28-20-18(22)8-15(9-19(20)23)27-11-14-6-4-5-7-16(14)17(12-26-3)21(24)25/h4-9,12-13H,10-11H2,1-3H3,(H,24,25).